The first-order valence-electron chi connectivity index (χ1n) is 11.8. The summed E-state index contributed by atoms with van der Waals surface area (Å²) in [6, 6.07) is 29.0. The third-order valence-corrected chi connectivity index (χ3v) is 6.56. The summed E-state index contributed by atoms with van der Waals surface area (Å²) in [6.45, 7) is 2.29. The maximum atomic E-state index is 13.9. The van der Waals surface area contributed by atoms with E-state index in [1.54, 1.807) is 17.0 Å². The molecule has 5 aromatic rings. The number of amides is 2. The summed E-state index contributed by atoms with van der Waals surface area (Å²) in [7, 11) is 0. The number of aromatic nitrogens is 3. The molecule has 1 atom stereocenters. The quantitative estimate of drug-likeness (QED) is 0.334. The van der Waals surface area contributed by atoms with Gasteiger partial charge in [0.1, 0.15) is 11.6 Å². The number of nitrogens with one attached hydrogen (secondary N) is 1. The molecule has 0 unspecified atom stereocenters. The Labute approximate surface area is 208 Å². The highest BCUT2D eigenvalue weighted by Crippen LogP contribution is 2.38. The van der Waals surface area contributed by atoms with Crippen LogP contribution in [-0.2, 0) is 6.54 Å². The summed E-state index contributed by atoms with van der Waals surface area (Å²) in [5.74, 6) is 0.572. The molecule has 6 rings (SSSR count). The molecule has 2 aromatic heterocycles. The SMILES string of the molecule is Cc1nn(-c2ccccc2)c2c1CN(C(=O)Nc1ccccc1)[C@@H](c1ccc(F)cc1)c1cccn1-2. The number of urea groups is 1. The standard InChI is InChI=1S/C29H24FN5O/c1-20-25-19-34(29(36)31-23-9-4-2-5-10-23)27(21-14-16-22(30)17-15-21)26-13-8-18-33(26)28(25)35(32-20)24-11-6-3-7-12-24/h2-18,27H,19H2,1H3,(H,31,36)/t27-/m0/s1. The molecule has 0 aliphatic carbocycles. The zero-order valence-corrected chi connectivity index (χ0v) is 19.7. The van der Waals surface area contributed by atoms with Gasteiger partial charge in [0, 0.05) is 17.4 Å². The van der Waals surface area contributed by atoms with Crippen LogP contribution >= 0.6 is 0 Å². The lowest BCUT2D eigenvalue weighted by Crippen LogP contribution is -2.38. The first kappa shape index (κ1) is 21.9. The van der Waals surface area contributed by atoms with Gasteiger partial charge in [-0.3, -0.25) is 0 Å². The van der Waals surface area contributed by atoms with E-state index in [0.717, 1.165) is 34.0 Å². The van der Waals surface area contributed by atoms with Gasteiger partial charge < -0.3 is 14.8 Å². The van der Waals surface area contributed by atoms with E-state index in [0.29, 0.717) is 12.2 Å². The number of anilines is 1. The predicted molar refractivity (Wildman–Crippen MR) is 137 cm³/mol. The number of rotatable bonds is 3. The lowest BCUT2D eigenvalue weighted by molar-refractivity contribution is 0.194. The summed E-state index contributed by atoms with van der Waals surface area (Å²) in [5, 5.41) is 7.90. The average Bonchev–Trinajstić information content (AvgIpc) is 3.46. The summed E-state index contributed by atoms with van der Waals surface area (Å²) >= 11 is 0. The van der Waals surface area contributed by atoms with Gasteiger partial charge in [-0.15, -0.1) is 0 Å². The molecule has 0 radical (unpaired) electrons. The van der Waals surface area contributed by atoms with Gasteiger partial charge in [0.15, 0.2) is 0 Å². The zero-order valence-electron chi connectivity index (χ0n) is 19.7. The molecule has 0 saturated carbocycles. The van der Waals surface area contributed by atoms with E-state index in [2.05, 4.69) is 9.88 Å². The van der Waals surface area contributed by atoms with E-state index < -0.39 is 6.04 Å². The topological polar surface area (TPSA) is 55.1 Å². The summed E-state index contributed by atoms with van der Waals surface area (Å²) < 4.78 is 17.9. The van der Waals surface area contributed by atoms with Crippen molar-refractivity contribution in [1.29, 1.82) is 0 Å². The van der Waals surface area contributed by atoms with E-state index in [-0.39, 0.29) is 11.8 Å². The molecule has 3 heterocycles. The third kappa shape index (κ3) is 3.75. The molecule has 0 bridgehead atoms. The van der Waals surface area contributed by atoms with Gasteiger partial charge >= 0.3 is 6.03 Å². The van der Waals surface area contributed by atoms with E-state index in [1.165, 1.54) is 12.1 Å². The molecule has 1 N–H and O–H groups in total. The van der Waals surface area contributed by atoms with Crippen molar-refractivity contribution in [3.63, 3.8) is 0 Å². The molecule has 1 aliphatic rings. The first-order chi connectivity index (χ1) is 17.6. The number of carbonyl (C=O) groups is 1. The van der Waals surface area contributed by atoms with Crippen molar-refractivity contribution in [3.05, 3.63) is 132 Å². The van der Waals surface area contributed by atoms with Crippen molar-refractivity contribution in [1.82, 2.24) is 19.2 Å². The maximum absolute atomic E-state index is 13.9. The van der Waals surface area contributed by atoms with Crippen molar-refractivity contribution in [2.24, 2.45) is 0 Å². The van der Waals surface area contributed by atoms with E-state index in [9.17, 15) is 9.18 Å². The number of hydrogen-bond donors (Lipinski definition) is 1. The Bertz CT molecular complexity index is 1520. The molecule has 1 aliphatic heterocycles. The van der Waals surface area contributed by atoms with Crippen LogP contribution in [0.25, 0.3) is 11.5 Å². The molecule has 0 fully saturated rings. The fourth-order valence-electron chi connectivity index (χ4n) is 4.86. The van der Waals surface area contributed by atoms with E-state index in [1.807, 2.05) is 90.6 Å². The molecule has 2 amide bonds. The molecule has 36 heavy (non-hydrogen) atoms. The highest BCUT2D eigenvalue weighted by Gasteiger charge is 2.36. The van der Waals surface area contributed by atoms with Crippen LogP contribution in [0, 0.1) is 12.7 Å². The van der Waals surface area contributed by atoms with Gasteiger partial charge in [0.25, 0.3) is 0 Å². The summed E-state index contributed by atoms with van der Waals surface area (Å²) in [5.41, 5.74) is 5.14. The number of para-hydroxylation sites is 2. The van der Waals surface area contributed by atoms with Gasteiger partial charge in [-0.1, -0.05) is 48.5 Å². The molecule has 178 valence electrons. The van der Waals surface area contributed by atoms with E-state index in [4.69, 9.17) is 5.10 Å². The fraction of sp³-hybridized carbons (Fsp3) is 0.103. The normalized spacial score (nSPS) is 14.6. The van der Waals surface area contributed by atoms with Crippen molar-refractivity contribution < 1.29 is 9.18 Å². The second-order valence-corrected chi connectivity index (χ2v) is 8.82. The third-order valence-electron chi connectivity index (χ3n) is 6.56. The molecule has 0 spiro atoms. The molecule has 7 heteroatoms. The van der Waals surface area contributed by atoms with Gasteiger partial charge in [-0.25, -0.2) is 13.9 Å². The average molecular weight is 478 g/mol. The number of halogens is 1. The van der Waals surface area contributed by atoms with Crippen LogP contribution in [-0.4, -0.2) is 25.3 Å². The molecule has 3 aromatic carbocycles. The van der Waals surface area contributed by atoms with Gasteiger partial charge in [-0.05, 0) is 61.0 Å². The van der Waals surface area contributed by atoms with Crippen molar-refractivity contribution in [3.8, 4) is 11.5 Å². The molecule has 0 saturated heterocycles. The largest absolute Gasteiger partial charge is 0.322 e. The Morgan fingerprint density at radius 2 is 1.61 bits per heavy atom. The predicted octanol–water partition coefficient (Wildman–Crippen LogP) is 6.25. The summed E-state index contributed by atoms with van der Waals surface area (Å²) in [6.07, 6.45) is 1.99. The van der Waals surface area contributed by atoms with E-state index >= 15 is 0 Å². The van der Waals surface area contributed by atoms with Gasteiger partial charge in [0.2, 0.25) is 0 Å². The molecular weight excluding hydrogens is 453 g/mol. The lowest BCUT2D eigenvalue weighted by atomic mass is 10.0. The van der Waals surface area contributed by atoms with Crippen LogP contribution < -0.4 is 5.32 Å². The molecular formula is C29H24FN5O. The van der Waals surface area contributed by atoms with Crippen molar-refractivity contribution in [2.45, 2.75) is 19.5 Å². The lowest BCUT2D eigenvalue weighted by Gasteiger charge is -2.31. The monoisotopic (exact) mass is 477 g/mol. The minimum absolute atomic E-state index is 0.247. The number of fused-ring (bicyclic) bond motifs is 3. The Morgan fingerprint density at radius 3 is 2.33 bits per heavy atom. The van der Waals surface area contributed by atoms with Crippen LogP contribution in [0.2, 0.25) is 0 Å². The fourth-order valence-corrected chi connectivity index (χ4v) is 4.86. The van der Waals surface area contributed by atoms with Gasteiger partial charge in [-0.2, -0.15) is 5.10 Å². The molecule has 6 nitrogen and oxygen atoms in total. The zero-order chi connectivity index (χ0) is 24.6. The van der Waals surface area contributed by atoms with Crippen LogP contribution in [0.1, 0.15) is 28.6 Å². The van der Waals surface area contributed by atoms with Gasteiger partial charge in [0.05, 0.1) is 29.7 Å². The van der Waals surface area contributed by atoms with Crippen LogP contribution in [0.3, 0.4) is 0 Å². The number of aryl methyl sites for hydroxylation is 1. The van der Waals surface area contributed by atoms with Crippen molar-refractivity contribution >= 4 is 11.7 Å². The van der Waals surface area contributed by atoms with Crippen LogP contribution in [0.4, 0.5) is 14.9 Å². The highest BCUT2D eigenvalue weighted by atomic mass is 19.1. The Kier molecular flexibility index (Phi) is 5.37. The second kappa shape index (κ2) is 8.85. The number of hydrogen-bond acceptors (Lipinski definition) is 2. The second-order valence-electron chi connectivity index (χ2n) is 8.82. The Morgan fingerprint density at radius 1 is 0.917 bits per heavy atom. The smallest absolute Gasteiger partial charge is 0.308 e. The summed E-state index contributed by atoms with van der Waals surface area (Å²) in [4.78, 5) is 15.6. The Balaban J connectivity index is 1.54. The number of benzene rings is 3. The highest BCUT2D eigenvalue weighted by molar-refractivity contribution is 5.90. The number of carbonyl (C=O) groups excluding carboxylic acids is 1. The van der Waals surface area contributed by atoms with Crippen LogP contribution in [0.15, 0.2) is 103 Å². The van der Waals surface area contributed by atoms with Crippen LogP contribution in [0.5, 0.6) is 0 Å². The van der Waals surface area contributed by atoms with Crippen molar-refractivity contribution in [2.75, 3.05) is 5.32 Å². The first-order valence-corrected chi connectivity index (χ1v) is 11.8. The maximum Gasteiger partial charge on any atom is 0.322 e. The minimum Gasteiger partial charge on any atom is -0.308 e. The Hall–Kier alpha value is -4.65. The minimum atomic E-state index is -0.444. The number of nitrogens with zero attached hydrogens (tertiary/aromatic N) is 4.